The molecule has 0 fully saturated rings. The van der Waals surface area contributed by atoms with E-state index in [1.165, 1.54) is 5.56 Å². The Hall–Kier alpha value is -1.95. The minimum Gasteiger partial charge on any atom is -0.369 e. The van der Waals surface area contributed by atoms with Gasteiger partial charge in [-0.3, -0.25) is 21.7 Å². The first-order chi connectivity index (χ1) is 7.59. The van der Waals surface area contributed by atoms with Crippen LogP contribution >= 0.6 is 12.4 Å². The number of rotatable bonds is 2. The third-order valence-corrected chi connectivity index (χ3v) is 2.04. The van der Waals surface area contributed by atoms with Crippen LogP contribution in [0.15, 0.2) is 24.3 Å². The van der Waals surface area contributed by atoms with Gasteiger partial charge in [0.2, 0.25) is 11.9 Å². The van der Waals surface area contributed by atoms with Gasteiger partial charge in [-0.25, -0.2) is 0 Å². The van der Waals surface area contributed by atoms with Gasteiger partial charge < -0.3 is 11.1 Å². The molecule has 0 aromatic heterocycles. The van der Waals surface area contributed by atoms with E-state index in [0.717, 1.165) is 5.56 Å². The Kier molecular flexibility index (Phi) is 6.50. The lowest BCUT2D eigenvalue weighted by Gasteiger charge is -2.12. The summed E-state index contributed by atoms with van der Waals surface area (Å²) >= 11 is 0. The van der Waals surface area contributed by atoms with Crippen molar-refractivity contribution in [3.05, 3.63) is 35.4 Å². The summed E-state index contributed by atoms with van der Waals surface area (Å²) in [7, 11) is 0. The van der Waals surface area contributed by atoms with Crippen LogP contribution in [0.25, 0.3) is 0 Å². The van der Waals surface area contributed by atoms with Gasteiger partial charge in [-0.1, -0.05) is 24.3 Å². The largest absolute Gasteiger partial charge is 0.369 e. The summed E-state index contributed by atoms with van der Waals surface area (Å²) in [5.41, 5.74) is 12.1. The quantitative estimate of drug-likeness (QED) is 0.262. The molecule has 1 rings (SSSR count). The first kappa shape index (κ1) is 15.0. The van der Waals surface area contributed by atoms with Gasteiger partial charge >= 0.3 is 0 Å². The molecule has 0 spiro atoms. The van der Waals surface area contributed by atoms with Crippen molar-refractivity contribution in [2.24, 2.45) is 5.73 Å². The van der Waals surface area contributed by atoms with Crippen LogP contribution in [0.4, 0.5) is 0 Å². The number of halogens is 1. The molecule has 0 unspecified atom stereocenters. The van der Waals surface area contributed by atoms with E-state index in [-0.39, 0.29) is 24.3 Å². The lowest BCUT2D eigenvalue weighted by atomic mass is 10.1. The van der Waals surface area contributed by atoms with Crippen LogP contribution in [0.1, 0.15) is 11.1 Å². The summed E-state index contributed by atoms with van der Waals surface area (Å²) in [6.07, 6.45) is 0. The van der Waals surface area contributed by atoms with Gasteiger partial charge in [-0.05, 0) is 18.1 Å². The van der Waals surface area contributed by atoms with Crippen molar-refractivity contribution >= 4 is 24.3 Å². The van der Waals surface area contributed by atoms with Crippen LogP contribution in [0.5, 0.6) is 0 Å². The Morgan fingerprint density at radius 2 is 1.88 bits per heavy atom. The average Bonchev–Trinajstić information content (AvgIpc) is 2.25. The van der Waals surface area contributed by atoms with E-state index < -0.39 is 0 Å². The van der Waals surface area contributed by atoms with Crippen LogP contribution in [0.3, 0.4) is 0 Å². The van der Waals surface area contributed by atoms with Gasteiger partial charge in [0.05, 0.1) is 0 Å². The van der Waals surface area contributed by atoms with Crippen molar-refractivity contribution in [3.8, 4) is 0 Å². The van der Waals surface area contributed by atoms with Crippen LogP contribution in [0.2, 0.25) is 0 Å². The predicted octanol–water partition coefficient (Wildman–Crippen LogP) is 0.429. The number of hydrogen-bond donors (Lipinski definition) is 6. The Balaban J connectivity index is 0.00000256. The first-order valence-corrected chi connectivity index (χ1v) is 4.82. The normalized spacial score (nSPS) is 8.76. The van der Waals surface area contributed by atoms with Crippen molar-refractivity contribution in [3.63, 3.8) is 0 Å². The van der Waals surface area contributed by atoms with Crippen LogP contribution < -0.4 is 21.9 Å². The topological polar surface area (TPSA) is 110 Å². The summed E-state index contributed by atoms with van der Waals surface area (Å²) in [5, 5.41) is 17.2. The van der Waals surface area contributed by atoms with E-state index >= 15 is 0 Å². The lowest BCUT2D eigenvalue weighted by Crippen LogP contribution is -2.49. The summed E-state index contributed by atoms with van der Waals surface area (Å²) in [6, 6.07) is 7.94. The van der Waals surface area contributed by atoms with E-state index in [0.29, 0.717) is 6.54 Å². The molecule has 6 nitrogen and oxygen atoms in total. The van der Waals surface area contributed by atoms with E-state index in [9.17, 15) is 0 Å². The molecule has 0 saturated carbocycles. The molecular weight excluding hydrogens is 240 g/mol. The molecule has 0 amide bonds. The van der Waals surface area contributed by atoms with Gasteiger partial charge in [0, 0.05) is 6.54 Å². The maximum Gasteiger partial charge on any atom is 0.207 e. The summed E-state index contributed by atoms with van der Waals surface area (Å²) in [4.78, 5) is 0. The number of hydrogen-bond acceptors (Lipinski definition) is 2. The Labute approximate surface area is 106 Å². The standard InChI is InChI=1S/C10H16N6.ClH/c1-7-4-2-3-5-8(7)6-14-10(13)16-15-9(11)12;/h2-5H,6H2,1H3,(H4,11,12,15)(H3,13,14,16);1H. The minimum absolute atomic E-state index is 0. The zero-order valence-electron chi connectivity index (χ0n) is 9.50. The van der Waals surface area contributed by atoms with Crippen molar-refractivity contribution < 1.29 is 0 Å². The molecule has 0 saturated heterocycles. The van der Waals surface area contributed by atoms with Crippen molar-refractivity contribution in [2.45, 2.75) is 13.5 Å². The number of nitrogens with two attached hydrogens (primary N) is 1. The molecule has 7 N–H and O–H groups in total. The smallest absolute Gasteiger partial charge is 0.207 e. The van der Waals surface area contributed by atoms with Gasteiger partial charge in [0.15, 0.2) is 0 Å². The summed E-state index contributed by atoms with van der Waals surface area (Å²) in [5.74, 6) is -0.166. The first-order valence-electron chi connectivity index (χ1n) is 4.82. The number of nitrogens with one attached hydrogen (secondary N) is 5. The van der Waals surface area contributed by atoms with Crippen molar-refractivity contribution in [1.29, 1.82) is 10.8 Å². The molecule has 1 aromatic rings. The molecule has 0 bridgehead atoms. The second kappa shape index (κ2) is 7.34. The maximum atomic E-state index is 7.46. The fraction of sp³-hybridized carbons (Fsp3) is 0.200. The molecule has 1 aromatic carbocycles. The van der Waals surface area contributed by atoms with E-state index in [1.54, 1.807) is 0 Å². The Bertz CT molecular complexity index is 392. The summed E-state index contributed by atoms with van der Waals surface area (Å²) in [6.45, 7) is 2.57. The van der Waals surface area contributed by atoms with Crippen molar-refractivity contribution in [1.82, 2.24) is 16.2 Å². The van der Waals surface area contributed by atoms with E-state index in [4.69, 9.17) is 16.6 Å². The van der Waals surface area contributed by atoms with Crippen LogP contribution in [0, 0.1) is 17.7 Å². The zero-order valence-corrected chi connectivity index (χ0v) is 10.3. The minimum atomic E-state index is -0.234. The molecule has 0 aliphatic carbocycles. The Morgan fingerprint density at radius 3 is 2.47 bits per heavy atom. The number of aryl methyl sites for hydroxylation is 1. The summed E-state index contributed by atoms with van der Waals surface area (Å²) < 4.78 is 0. The van der Waals surface area contributed by atoms with Gasteiger partial charge in [-0.2, -0.15) is 0 Å². The number of hydrazine groups is 1. The molecular formula is C10H17ClN6. The molecule has 0 atom stereocenters. The molecule has 17 heavy (non-hydrogen) atoms. The molecule has 0 aliphatic rings. The monoisotopic (exact) mass is 256 g/mol. The highest BCUT2D eigenvalue weighted by molar-refractivity contribution is 5.85. The lowest BCUT2D eigenvalue weighted by molar-refractivity contribution is 0.767. The maximum absolute atomic E-state index is 7.46. The molecule has 0 radical (unpaired) electrons. The third-order valence-electron chi connectivity index (χ3n) is 2.04. The highest BCUT2D eigenvalue weighted by Gasteiger charge is 1.98. The molecule has 0 aliphatic heterocycles. The Morgan fingerprint density at radius 1 is 1.24 bits per heavy atom. The van der Waals surface area contributed by atoms with Gasteiger partial charge in [-0.15, -0.1) is 12.4 Å². The third kappa shape index (κ3) is 5.62. The van der Waals surface area contributed by atoms with Gasteiger partial charge in [0.25, 0.3) is 0 Å². The average molecular weight is 257 g/mol. The van der Waals surface area contributed by atoms with Crippen LogP contribution in [-0.4, -0.2) is 11.9 Å². The van der Waals surface area contributed by atoms with E-state index in [2.05, 4.69) is 16.2 Å². The predicted molar refractivity (Wildman–Crippen MR) is 71.2 cm³/mol. The SMILES string of the molecule is Cc1ccccc1CNC(=N)NNC(=N)N.Cl. The molecule has 94 valence electrons. The number of guanidine groups is 2. The highest BCUT2D eigenvalue weighted by atomic mass is 35.5. The second-order valence-corrected chi connectivity index (χ2v) is 3.32. The molecule has 7 heteroatoms. The molecule has 0 heterocycles. The van der Waals surface area contributed by atoms with Crippen molar-refractivity contribution in [2.75, 3.05) is 0 Å². The van der Waals surface area contributed by atoms with Gasteiger partial charge in [0.1, 0.15) is 0 Å². The fourth-order valence-corrected chi connectivity index (χ4v) is 1.17. The van der Waals surface area contributed by atoms with Crippen LogP contribution in [-0.2, 0) is 6.54 Å². The van der Waals surface area contributed by atoms with E-state index in [1.807, 2.05) is 31.2 Å². The number of benzene rings is 1. The second-order valence-electron chi connectivity index (χ2n) is 3.32. The highest BCUT2D eigenvalue weighted by Crippen LogP contribution is 2.05. The zero-order chi connectivity index (χ0) is 12.0. The fourth-order valence-electron chi connectivity index (χ4n) is 1.17.